The fourth-order valence-electron chi connectivity index (χ4n) is 2.35. The first-order valence-corrected chi connectivity index (χ1v) is 6.41. The number of nitrogens with two attached hydrogens (primary N) is 1. The molecule has 0 saturated heterocycles. The van der Waals surface area contributed by atoms with Crippen LogP contribution in [0.25, 0.3) is 0 Å². The maximum absolute atomic E-state index is 9.94. The molecule has 0 fully saturated rings. The molecule has 2 atom stereocenters. The Balaban J connectivity index is 2.92. The van der Waals surface area contributed by atoms with Crippen molar-refractivity contribution < 1.29 is 5.11 Å². The van der Waals surface area contributed by atoms with Crippen molar-refractivity contribution in [3.63, 3.8) is 0 Å². The van der Waals surface area contributed by atoms with E-state index in [1.54, 1.807) is 18.5 Å². The van der Waals surface area contributed by atoms with Gasteiger partial charge in [-0.25, -0.2) is 0 Å². The minimum Gasteiger partial charge on any atom is -0.389 e. The second-order valence-corrected chi connectivity index (χ2v) is 5.69. The molecule has 2 unspecified atom stereocenters. The van der Waals surface area contributed by atoms with Gasteiger partial charge in [0.1, 0.15) is 0 Å². The zero-order chi connectivity index (χ0) is 13.9. The number of aromatic nitrogens is 2. The molecule has 5 nitrogen and oxygen atoms in total. The quantitative estimate of drug-likeness (QED) is 0.791. The molecule has 104 valence electrons. The number of nitrogens with zero attached hydrogens (tertiary/aromatic N) is 3. The number of rotatable bonds is 6. The summed E-state index contributed by atoms with van der Waals surface area (Å²) in [6.45, 7) is 6.26. The lowest BCUT2D eigenvalue weighted by atomic mass is 9.98. The normalized spacial score (nSPS) is 16.0. The van der Waals surface area contributed by atoms with E-state index in [4.69, 9.17) is 5.73 Å². The summed E-state index contributed by atoms with van der Waals surface area (Å²) in [5.74, 6) is 0. The molecule has 1 heterocycles. The van der Waals surface area contributed by atoms with Crippen LogP contribution in [0.5, 0.6) is 0 Å². The zero-order valence-electron chi connectivity index (χ0n) is 12.1. The third-order valence-electron chi connectivity index (χ3n) is 3.05. The van der Waals surface area contributed by atoms with E-state index in [1.165, 1.54) is 0 Å². The molecular formula is C13H26N4O. The molecule has 0 aliphatic heterocycles. The van der Waals surface area contributed by atoms with E-state index in [2.05, 4.69) is 16.9 Å². The molecule has 18 heavy (non-hydrogen) atoms. The van der Waals surface area contributed by atoms with Crippen LogP contribution in [0, 0.1) is 0 Å². The Morgan fingerprint density at radius 2 is 2.17 bits per heavy atom. The van der Waals surface area contributed by atoms with Gasteiger partial charge in [-0.2, -0.15) is 5.10 Å². The second kappa shape index (κ2) is 5.82. The molecular weight excluding hydrogens is 228 g/mol. The van der Waals surface area contributed by atoms with Crippen molar-refractivity contribution in [2.45, 2.75) is 44.9 Å². The van der Waals surface area contributed by atoms with Crippen molar-refractivity contribution in [3.8, 4) is 0 Å². The Morgan fingerprint density at radius 3 is 2.56 bits per heavy atom. The summed E-state index contributed by atoms with van der Waals surface area (Å²) in [6.07, 6.45) is 4.72. The Labute approximate surface area is 110 Å². The zero-order valence-corrected chi connectivity index (χ0v) is 12.1. The minimum atomic E-state index is -0.733. The smallest absolute Gasteiger partial charge is 0.0718 e. The third-order valence-corrected chi connectivity index (χ3v) is 3.05. The fraction of sp³-hybridized carbons (Fsp3) is 0.769. The van der Waals surface area contributed by atoms with Crippen LogP contribution >= 0.6 is 0 Å². The number of hydrogen-bond acceptors (Lipinski definition) is 4. The first kappa shape index (κ1) is 15.1. The topological polar surface area (TPSA) is 67.3 Å². The highest BCUT2D eigenvalue weighted by Crippen LogP contribution is 2.24. The molecule has 1 aromatic rings. The van der Waals surface area contributed by atoms with Crippen LogP contribution in [-0.2, 0) is 7.05 Å². The molecule has 5 heteroatoms. The molecule has 1 rings (SSSR count). The van der Waals surface area contributed by atoms with Gasteiger partial charge in [-0.1, -0.05) is 6.92 Å². The lowest BCUT2D eigenvalue weighted by Gasteiger charge is -2.35. The van der Waals surface area contributed by atoms with Crippen LogP contribution in [0.15, 0.2) is 12.4 Å². The van der Waals surface area contributed by atoms with Gasteiger partial charge in [0.05, 0.1) is 17.8 Å². The van der Waals surface area contributed by atoms with Crippen LogP contribution in [-0.4, -0.2) is 45.0 Å². The van der Waals surface area contributed by atoms with Gasteiger partial charge in [0.25, 0.3) is 0 Å². The molecule has 0 amide bonds. The van der Waals surface area contributed by atoms with Crippen molar-refractivity contribution in [2.24, 2.45) is 12.8 Å². The molecule has 0 aliphatic carbocycles. The average molecular weight is 254 g/mol. The lowest BCUT2D eigenvalue weighted by Crippen LogP contribution is -2.44. The fourth-order valence-corrected chi connectivity index (χ4v) is 2.35. The van der Waals surface area contributed by atoms with Crippen LogP contribution < -0.4 is 5.73 Å². The summed E-state index contributed by atoms with van der Waals surface area (Å²) in [5.41, 5.74) is 6.58. The lowest BCUT2D eigenvalue weighted by molar-refractivity contribution is 0.0266. The van der Waals surface area contributed by atoms with Gasteiger partial charge in [-0.05, 0) is 27.3 Å². The van der Waals surface area contributed by atoms with E-state index in [9.17, 15) is 5.11 Å². The highest BCUT2D eigenvalue weighted by atomic mass is 16.3. The Hall–Kier alpha value is -0.910. The molecule has 1 aromatic heterocycles. The molecule has 3 N–H and O–H groups in total. The molecule has 0 aliphatic rings. The monoisotopic (exact) mass is 254 g/mol. The second-order valence-electron chi connectivity index (χ2n) is 5.69. The number of aliphatic hydroxyl groups is 1. The molecule has 0 bridgehead atoms. The van der Waals surface area contributed by atoms with Crippen LogP contribution in [0.1, 0.15) is 38.8 Å². The summed E-state index contributed by atoms with van der Waals surface area (Å²) in [7, 11) is 3.89. The standard InChI is InChI=1S/C13H26N4O/c1-6-11(14)12(10-7-15-17(5)8-10)16(4)9-13(2,3)18/h7-8,11-12,18H,6,9,14H2,1-5H3. The Morgan fingerprint density at radius 1 is 1.56 bits per heavy atom. The van der Waals surface area contributed by atoms with E-state index in [1.807, 2.05) is 26.5 Å². The van der Waals surface area contributed by atoms with Gasteiger partial charge in [0.2, 0.25) is 0 Å². The summed E-state index contributed by atoms with van der Waals surface area (Å²) >= 11 is 0. The molecule has 0 radical (unpaired) electrons. The van der Waals surface area contributed by atoms with Gasteiger partial charge in [-0.15, -0.1) is 0 Å². The van der Waals surface area contributed by atoms with E-state index >= 15 is 0 Å². The predicted molar refractivity (Wildman–Crippen MR) is 73.1 cm³/mol. The van der Waals surface area contributed by atoms with Gasteiger partial charge in [-0.3, -0.25) is 9.58 Å². The first-order valence-electron chi connectivity index (χ1n) is 6.41. The third kappa shape index (κ3) is 4.08. The number of hydrogen-bond donors (Lipinski definition) is 2. The van der Waals surface area contributed by atoms with Crippen molar-refractivity contribution >= 4 is 0 Å². The maximum Gasteiger partial charge on any atom is 0.0718 e. The van der Waals surface area contributed by atoms with Gasteiger partial charge in [0, 0.05) is 31.4 Å². The van der Waals surface area contributed by atoms with Crippen LogP contribution in [0.3, 0.4) is 0 Å². The van der Waals surface area contributed by atoms with Crippen molar-refractivity contribution in [1.29, 1.82) is 0 Å². The van der Waals surface area contributed by atoms with E-state index < -0.39 is 5.60 Å². The predicted octanol–water partition coefficient (Wildman–Crippen LogP) is 0.901. The Bertz CT molecular complexity index is 369. The van der Waals surface area contributed by atoms with Gasteiger partial charge < -0.3 is 10.8 Å². The van der Waals surface area contributed by atoms with Crippen molar-refractivity contribution in [1.82, 2.24) is 14.7 Å². The Kier molecular flexibility index (Phi) is 4.90. The summed E-state index contributed by atoms with van der Waals surface area (Å²) in [6, 6.07) is 0.108. The highest BCUT2D eigenvalue weighted by molar-refractivity contribution is 5.13. The van der Waals surface area contributed by atoms with Gasteiger partial charge in [0.15, 0.2) is 0 Å². The first-order chi connectivity index (χ1) is 8.24. The van der Waals surface area contributed by atoms with E-state index in [0.29, 0.717) is 6.54 Å². The van der Waals surface area contributed by atoms with Gasteiger partial charge >= 0.3 is 0 Å². The maximum atomic E-state index is 9.94. The van der Waals surface area contributed by atoms with Crippen LogP contribution in [0.2, 0.25) is 0 Å². The molecule has 0 saturated carbocycles. The summed E-state index contributed by atoms with van der Waals surface area (Å²) in [5, 5.41) is 14.1. The average Bonchev–Trinajstić information content (AvgIpc) is 2.62. The van der Waals surface area contributed by atoms with Crippen molar-refractivity contribution in [2.75, 3.05) is 13.6 Å². The van der Waals surface area contributed by atoms with E-state index in [-0.39, 0.29) is 12.1 Å². The highest BCUT2D eigenvalue weighted by Gasteiger charge is 2.27. The molecule has 0 aromatic carbocycles. The molecule has 0 spiro atoms. The van der Waals surface area contributed by atoms with Crippen LogP contribution in [0.4, 0.5) is 0 Å². The number of likely N-dealkylation sites (N-methyl/N-ethyl adjacent to an activating group) is 1. The van der Waals surface area contributed by atoms with Crippen molar-refractivity contribution in [3.05, 3.63) is 18.0 Å². The SMILES string of the molecule is CCC(N)C(c1cnn(C)c1)N(C)CC(C)(C)O. The largest absolute Gasteiger partial charge is 0.389 e. The summed E-state index contributed by atoms with van der Waals surface area (Å²) < 4.78 is 1.78. The number of aryl methyl sites for hydroxylation is 1. The van der Waals surface area contributed by atoms with E-state index in [0.717, 1.165) is 12.0 Å². The minimum absolute atomic E-state index is 0.0292. The summed E-state index contributed by atoms with van der Waals surface area (Å²) in [4.78, 5) is 2.10.